The summed E-state index contributed by atoms with van der Waals surface area (Å²) in [5, 5.41) is 0.955. The lowest BCUT2D eigenvalue weighted by molar-refractivity contribution is -0.918. The van der Waals surface area contributed by atoms with E-state index in [0.29, 0.717) is 11.3 Å². The van der Waals surface area contributed by atoms with Crippen molar-refractivity contribution in [3.63, 3.8) is 0 Å². The molecule has 1 aromatic heterocycles. The van der Waals surface area contributed by atoms with Crippen LogP contribution < -0.4 is 20.0 Å². The summed E-state index contributed by atoms with van der Waals surface area (Å²) in [7, 11) is 0. The van der Waals surface area contributed by atoms with Crippen LogP contribution in [0.5, 0.6) is 11.5 Å². The van der Waals surface area contributed by atoms with Crippen LogP contribution in [-0.2, 0) is 6.54 Å². The quantitative estimate of drug-likeness (QED) is 0.841. The molecule has 0 radical (unpaired) electrons. The zero-order chi connectivity index (χ0) is 14.2. The minimum absolute atomic E-state index is 0.225. The summed E-state index contributed by atoms with van der Waals surface area (Å²) in [6, 6.07) is 5.31. The van der Waals surface area contributed by atoms with Crippen LogP contribution in [0, 0.1) is 0 Å². The number of hydrogen-bond donors (Lipinski definition) is 1. The molecule has 0 aliphatic carbocycles. The second kappa shape index (κ2) is 5.07. The lowest BCUT2D eigenvalue weighted by atomic mass is 10.1. The van der Waals surface area contributed by atoms with Crippen molar-refractivity contribution in [1.29, 1.82) is 0 Å². The van der Waals surface area contributed by atoms with Crippen molar-refractivity contribution in [2.75, 3.05) is 19.9 Å². The van der Waals surface area contributed by atoms with Crippen LogP contribution in [0.1, 0.15) is 24.8 Å². The fraction of sp³-hybridized carbons (Fsp3) is 0.438. The zero-order valence-corrected chi connectivity index (χ0v) is 11.8. The Balaban J connectivity index is 1.77. The summed E-state index contributed by atoms with van der Waals surface area (Å²) in [5.74, 6) is 1.37. The Morgan fingerprint density at radius 3 is 2.57 bits per heavy atom. The smallest absolute Gasteiger partial charge is 0.336 e. The maximum atomic E-state index is 11.8. The molecule has 1 saturated heterocycles. The lowest BCUT2D eigenvalue weighted by Gasteiger charge is -2.23. The molecule has 0 unspecified atom stereocenters. The number of likely N-dealkylation sites (tertiary alicyclic amines) is 1. The maximum Gasteiger partial charge on any atom is 0.336 e. The standard InChI is InChI=1S/C16H17NO4/c18-16-6-11(9-17-4-2-1-3-5-17)12-7-14-15(20-10-19-14)8-13(12)21-16/h6-8H,1-5,9-10H2/p+1. The Labute approximate surface area is 122 Å². The third kappa shape index (κ3) is 2.38. The first-order valence-electron chi connectivity index (χ1n) is 7.49. The first kappa shape index (κ1) is 12.7. The van der Waals surface area contributed by atoms with Gasteiger partial charge >= 0.3 is 5.63 Å². The van der Waals surface area contributed by atoms with Crippen LogP contribution >= 0.6 is 0 Å². The summed E-state index contributed by atoms with van der Waals surface area (Å²) in [4.78, 5) is 13.3. The Hall–Kier alpha value is -2.01. The predicted octanol–water partition coefficient (Wildman–Crippen LogP) is 1.09. The maximum absolute atomic E-state index is 11.8. The molecule has 2 aliphatic heterocycles. The summed E-state index contributed by atoms with van der Waals surface area (Å²) in [6.07, 6.45) is 3.85. The summed E-state index contributed by atoms with van der Waals surface area (Å²) in [5.41, 5.74) is 1.32. The van der Waals surface area contributed by atoms with E-state index in [-0.39, 0.29) is 12.4 Å². The van der Waals surface area contributed by atoms with Crippen LogP contribution in [0.4, 0.5) is 0 Å². The second-order valence-electron chi connectivity index (χ2n) is 5.78. The fourth-order valence-electron chi connectivity index (χ4n) is 3.26. The molecule has 3 heterocycles. The first-order valence-corrected chi connectivity index (χ1v) is 7.49. The van der Waals surface area contributed by atoms with Crippen molar-refractivity contribution in [3.05, 3.63) is 34.2 Å². The van der Waals surface area contributed by atoms with Gasteiger partial charge in [-0.15, -0.1) is 0 Å². The molecule has 21 heavy (non-hydrogen) atoms. The molecular formula is C16H18NO4+. The Bertz CT molecular complexity index is 731. The van der Waals surface area contributed by atoms with Crippen LogP contribution in [0.3, 0.4) is 0 Å². The summed E-state index contributed by atoms with van der Waals surface area (Å²) in [6.45, 7) is 3.43. The van der Waals surface area contributed by atoms with E-state index in [4.69, 9.17) is 13.9 Å². The van der Waals surface area contributed by atoms with Crippen LogP contribution in [0.25, 0.3) is 11.0 Å². The predicted molar refractivity (Wildman–Crippen MR) is 76.9 cm³/mol. The first-order chi connectivity index (χ1) is 10.3. The van der Waals surface area contributed by atoms with Gasteiger partial charge in [-0.3, -0.25) is 0 Å². The normalized spacial score (nSPS) is 18.3. The number of piperidine rings is 1. The van der Waals surface area contributed by atoms with E-state index in [1.165, 1.54) is 37.3 Å². The zero-order valence-electron chi connectivity index (χ0n) is 11.8. The van der Waals surface area contributed by atoms with Crippen LogP contribution in [0.2, 0.25) is 0 Å². The molecule has 2 aliphatic rings. The van der Waals surface area contributed by atoms with Gasteiger partial charge in [0.25, 0.3) is 0 Å². The monoisotopic (exact) mass is 288 g/mol. The van der Waals surface area contributed by atoms with E-state index in [1.54, 1.807) is 12.1 Å². The van der Waals surface area contributed by atoms with Crippen molar-refractivity contribution >= 4 is 11.0 Å². The summed E-state index contributed by atoms with van der Waals surface area (Å²) >= 11 is 0. The number of quaternary nitrogens is 1. The molecule has 1 fully saturated rings. The number of hydrogen-bond acceptors (Lipinski definition) is 4. The SMILES string of the molecule is O=c1cc(C[NH+]2CCCCC2)c2cc3c(cc2o1)OCO3. The van der Waals surface area contributed by atoms with Gasteiger partial charge in [0.15, 0.2) is 11.5 Å². The molecular weight excluding hydrogens is 270 g/mol. The van der Waals surface area contributed by atoms with Crippen molar-refractivity contribution in [1.82, 2.24) is 0 Å². The van der Waals surface area contributed by atoms with Gasteiger partial charge in [0.2, 0.25) is 6.79 Å². The summed E-state index contributed by atoms with van der Waals surface area (Å²) < 4.78 is 16.1. The molecule has 1 aromatic carbocycles. The molecule has 4 rings (SSSR count). The third-order valence-electron chi connectivity index (χ3n) is 4.32. The van der Waals surface area contributed by atoms with Crippen molar-refractivity contribution < 1.29 is 18.8 Å². The largest absolute Gasteiger partial charge is 0.454 e. The average Bonchev–Trinajstić information content (AvgIpc) is 2.93. The van der Waals surface area contributed by atoms with Gasteiger partial charge in [0.1, 0.15) is 12.1 Å². The van der Waals surface area contributed by atoms with Crippen LogP contribution in [-0.4, -0.2) is 19.9 Å². The number of ether oxygens (including phenoxy) is 2. The molecule has 110 valence electrons. The molecule has 0 bridgehead atoms. The van der Waals surface area contributed by atoms with E-state index in [2.05, 4.69) is 0 Å². The second-order valence-corrected chi connectivity index (χ2v) is 5.78. The highest BCUT2D eigenvalue weighted by Gasteiger charge is 2.20. The third-order valence-corrected chi connectivity index (χ3v) is 4.32. The molecule has 0 atom stereocenters. The van der Waals surface area contributed by atoms with E-state index in [9.17, 15) is 4.79 Å². The van der Waals surface area contributed by atoms with Gasteiger partial charge < -0.3 is 18.8 Å². The van der Waals surface area contributed by atoms with Gasteiger partial charge in [-0.1, -0.05) is 0 Å². The van der Waals surface area contributed by atoms with E-state index >= 15 is 0 Å². The van der Waals surface area contributed by atoms with Gasteiger partial charge in [-0.2, -0.15) is 0 Å². The molecule has 0 saturated carbocycles. The number of nitrogens with one attached hydrogen (secondary N) is 1. The Morgan fingerprint density at radius 1 is 1.00 bits per heavy atom. The average molecular weight is 288 g/mol. The molecule has 0 amide bonds. The highest BCUT2D eigenvalue weighted by molar-refractivity contribution is 5.84. The molecule has 5 heteroatoms. The Kier molecular flexibility index (Phi) is 3.07. The van der Waals surface area contributed by atoms with Crippen molar-refractivity contribution in [3.8, 4) is 11.5 Å². The van der Waals surface area contributed by atoms with Crippen LogP contribution in [0.15, 0.2) is 27.4 Å². The van der Waals surface area contributed by atoms with Gasteiger partial charge in [-0.25, -0.2) is 4.79 Å². The lowest BCUT2D eigenvalue weighted by Crippen LogP contribution is -3.11. The van der Waals surface area contributed by atoms with Gasteiger partial charge in [0, 0.05) is 23.1 Å². The fourth-order valence-corrected chi connectivity index (χ4v) is 3.26. The highest BCUT2D eigenvalue weighted by Crippen LogP contribution is 2.36. The Morgan fingerprint density at radius 2 is 1.76 bits per heavy atom. The number of rotatable bonds is 2. The van der Waals surface area contributed by atoms with E-state index in [0.717, 1.165) is 23.2 Å². The highest BCUT2D eigenvalue weighted by atomic mass is 16.7. The minimum Gasteiger partial charge on any atom is -0.454 e. The molecule has 1 N–H and O–H groups in total. The van der Waals surface area contributed by atoms with Gasteiger partial charge in [0.05, 0.1) is 13.1 Å². The van der Waals surface area contributed by atoms with Crippen molar-refractivity contribution in [2.45, 2.75) is 25.8 Å². The molecule has 2 aromatic rings. The van der Waals surface area contributed by atoms with Gasteiger partial charge in [-0.05, 0) is 25.3 Å². The van der Waals surface area contributed by atoms with E-state index in [1.807, 2.05) is 6.07 Å². The van der Waals surface area contributed by atoms with E-state index < -0.39 is 0 Å². The molecule has 5 nitrogen and oxygen atoms in total. The number of benzene rings is 1. The molecule has 0 spiro atoms. The number of fused-ring (bicyclic) bond motifs is 2. The topological polar surface area (TPSA) is 53.1 Å². The van der Waals surface area contributed by atoms with Crippen molar-refractivity contribution in [2.24, 2.45) is 0 Å². The minimum atomic E-state index is -0.298.